The molecule has 0 fully saturated rings. The van der Waals surface area contributed by atoms with E-state index in [9.17, 15) is 14.4 Å². The lowest BCUT2D eigenvalue weighted by Crippen LogP contribution is -2.42. The standard InChI is InChI=1S/C20H23N3O4/c1-13(24)21-15-11-9-14(10-12-15)18(25)22-16-7-5-6-8-17(16)27-19(26)23-20(2,3)4/h5-12H,1-4H3,(H,21,24)(H,22,25)(H,23,26). The molecule has 27 heavy (non-hydrogen) atoms. The topological polar surface area (TPSA) is 96.5 Å². The van der Waals surface area contributed by atoms with Gasteiger partial charge in [0.2, 0.25) is 5.91 Å². The highest BCUT2D eigenvalue weighted by molar-refractivity contribution is 6.05. The van der Waals surface area contributed by atoms with E-state index < -0.39 is 11.6 Å². The predicted molar refractivity (Wildman–Crippen MR) is 104 cm³/mol. The molecular weight excluding hydrogens is 346 g/mol. The summed E-state index contributed by atoms with van der Waals surface area (Å²) in [6.45, 7) is 6.93. The summed E-state index contributed by atoms with van der Waals surface area (Å²) in [7, 11) is 0. The van der Waals surface area contributed by atoms with Gasteiger partial charge in [0.15, 0.2) is 5.75 Å². The van der Waals surface area contributed by atoms with Crippen LogP contribution in [0.25, 0.3) is 0 Å². The van der Waals surface area contributed by atoms with E-state index in [1.165, 1.54) is 6.92 Å². The third-order valence-electron chi connectivity index (χ3n) is 3.28. The number of para-hydroxylation sites is 2. The second kappa shape index (κ2) is 8.35. The summed E-state index contributed by atoms with van der Waals surface area (Å²) in [4.78, 5) is 35.5. The van der Waals surface area contributed by atoms with Gasteiger partial charge < -0.3 is 20.7 Å². The van der Waals surface area contributed by atoms with Gasteiger partial charge in [-0.25, -0.2) is 4.79 Å². The quantitative estimate of drug-likeness (QED) is 0.764. The van der Waals surface area contributed by atoms with Crippen molar-refractivity contribution in [1.29, 1.82) is 0 Å². The molecule has 7 heteroatoms. The number of carbonyl (C=O) groups excluding carboxylic acids is 3. The number of ether oxygens (including phenoxy) is 1. The normalized spacial score (nSPS) is 10.7. The fourth-order valence-corrected chi connectivity index (χ4v) is 2.19. The van der Waals surface area contributed by atoms with Crippen molar-refractivity contribution in [3.63, 3.8) is 0 Å². The molecule has 0 saturated carbocycles. The number of rotatable bonds is 4. The molecule has 0 aliphatic carbocycles. The molecule has 0 heterocycles. The summed E-state index contributed by atoms with van der Waals surface area (Å²) >= 11 is 0. The van der Waals surface area contributed by atoms with Crippen molar-refractivity contribution < 1.29 is 19.1 Å². The van der Waals surface area contributed by atoms with Gasteiger partial charge in [0, 0.05) is 23.7 Å². The number of anilines is 2. The first-order chi connectivity index (χ1) is 12.6. The molecule has 142 valence electrons. The molecule has 0 atom stereocenters. The molecule has 0 aromatic heterocycles. The van der Waals surface area contributed by atoms with E-state index in [2.05, 4.69) is 16.0 Å². The highest BCUT2D eigenvalue weighted by atomic mass is 16.6. The highest BCUT2D eigenvalue weighted by Gasteiger charge is 2.17. The first-order valence-corrected chi connectivity index (χ1v) is 8.42. The van der Waals surface area contributed by atoms with E-state index in [1.807, 2.05) is 20.8 Å². The second-order valence-corrected chi connectivity index (χ2v) is 6.97. The number of carbonyl (C=O) groups is 3. The van der Waals surface area contributed by atoms with E-state index in [-0.39, 0.29) is 17.6 Å². The van der Waals surface area contributed by atoms with E-state index in [0.29, 0.717) is 16.9 Å². The zero-order chi connectivity index (χ0) is 20.0. The van der Waals surface area contributed by atoms with Crippen LogP contribution in [-0.4, -0.2) is 23.4 Å². The third kappa shape index (κ3) is 6.47. The summed E-state index contributed by atoms with van der Waals surface area (Å²) in [6.07, 6.45) is -0.608. The Balaban J connectivity index is 2.09. The Labute approximate surface area is 158 Å². The minimum absolute atomic E-state index is 0.188. The van der Waals surface area contributed by atoms with E-state index in [1.54, 1.807) is 48.5 Å². The van der Waals surface area contributed by atoms with Crippen molar-refractivity contribution in [2.45, 2.75) is 33.2 Å². The number of hydrogen-bond donors (Lipinski definition) is 3. The molecule has 0 saturated heterocycles. The zero-order valence-electron chi connectivity index (χ0n) is 15.8. The Kier molecular flexibility index (Phi) is 6.18. The summed E-state index contributed by atoms with van der Waals surface area (Å²) < 4.78 is 5.31. The van der Waals surface area contributed by atoms with Gasteiger partial charge >= 0.3 is 6.09 Å². The minimum Gasteiger partial charge on any atom is -0.408 e. The second-order valence-electron chi connectivity index (χ2n) is 6.97. The molecule has 2 aromatic rings. The van der Waals surface area contributed by atoms with Gasteiger partial charge in [-0.1, -0.05) is 12.1 Å². The van der Waals surface area contributed by atoms with Crippen molar-refractivity contribution in [1.82, 2.24) is 5.32 Å². The Morgan fingerprint density at radius 2 is 1.52 bits per heavy atom. The Morgan fingerprint density at radius 1 is 0.889 bits per heavy atom. The molecule has 0 aliphatic rings. The molecule has 2 rings (SSSR count). The van der Waals surface area contributed by atoms with Crippen LogP contribution >= 0.6 is 0 Å². The maximum Gasteiger partial charge on any atom is 0.413 e. The molecule has 3 N–H and O–H groups in total. The van der Waals surface area contributed by atoms with E-state index in [4.69, 9.17) is 4.74 Å². The first kappa shape index (κ1) is 20.0. The van der Waals surface area contributed by atoms with Crippen LogP contribution in [0, 0.1) is 0 Å². The fraction of sp³-hybridized carbons (Fsp3) is 0.250. The molecule has 0 radical (unpaired) electrons. The molecular formula is C20H23N3O4. The maximum absolute atomic E-state index is 12.5. The van der Waals surface area contributed by atoms with Crippen LogP contribution in [0.2, 0.25) is 0 Å². The van der Waals surface area contributed by atoms with Crippen LogP contribution in [0.3, 0.4) is 0 Å². The lowest BCUT2D eigenvalue weighted by Gasteiger charge is -2.20. The SMILES string of the molecule is CC(=O)Nc1ccc(C(=O)Nc2ccccc2OC(=O)NC(C)(C)C)cc1. The minimum atomic E-state index is -0.608. The molecule has 2 aromatic carbocycles. The highest BCUT2D eigenvalue weighted by Crippen LogP contribution is 2.25. The number of amides is 3. The van der Waals surface area contributed by atoms with Crippen LogP contribution in [0.5, 0.6) is 5.75 Å². The van der Waals surface area contributed by atoms with Crippen LogP contribution in [0.1, 0.15) is 38.1 Å². The van der Waals surface area contributed by atoms with Gasteiger partial charge in [-0.05, 0) is 57.2 Å². The van der Waals surface area contributed by atoms with Gasteiger partial charge in [0.05, 0.1) is 5.69 Å². The van der Waals surface area contributed by atoms with Gasteiger partial charge in [-0.2, -0.15) is 0 Å². The lowest BCUT2D eigenvalue weighted by molar-refractivity contribution is -0.114. The largest absolute Gasteiger partial charge is 0.413 e. The van der Waals surface area contributed by atoms with Crippen molar-refractivity contribution >= 4 is 29.3 Å². The molecule has 0 aliphatic heterocycles. The Hall–Kier alpha value is -3.35. The summed E-state index contributed by atoms with van der Waals surface area (Å²) in [6, 6.07) is 13.1. The molecule has 7 nitrogen and oxygen atoms in total. The maximum atomic E-state index is 12.5. The van der Waals surface area contributed by atoms with Crippen LogP contribution in [0.4, 0.5) is 16.2 Å². The third-order valence-corrected chi connectivity index (χ3v) is 3.28. The zero-order valence-corrected chi connectivity index (χ0v) is 15.8. The van der Waals surface area contributed by atoms with Gasteiger partial charge in [-0.3, -0.25) is 9.59 Å². The summed E-state index contributed by atoms with van der Waals surface area (Å²) in [5.74, 6) is -0.314. The van der Waals surface area contributed by atoms with Gasteiger partial charge in [-0.15, -0.1) is 0 Å². The molecule has 0 bridgehead atoms. The molecule has 0 spiro atoms. The van der Waals surface area contributed by atoms with Gasteiger partial charge in [0.25, 0.3) is 5.91 Å². The number of nitrogens with one attached hydrogen (secondary N) is 3. The van der Waals surface area contributed by atoms with Crippen LogP contribution < -0.4 is 20.7 Å². The van der Waals surface area contributed by atoms with Crippen LogP contribution in [-0.2, 0) is 4.79 Å². The molecule has 3 amide bonds. The smallest absolute Gasteiger partial charge is 0.408 e. The summed E-state index contributed by atoms with van der Waals surface area (Å²) in [5.41, 5.74) is 0.933. The Morgan fingerprint density at radius 3 is 2.11 bits per heavy atom. The molecule has 0 unspecified atom stereocenters. The van der Waals surface area contributed by atoms with Crippen molar-refractivity contribution in [2.24, 2.45) is 0 Å². The summed E-state index contributed by atoms with van der Waals surface area (Å²) in [5, 5.41) is 8.05. The average Bonchev–Trinajstić information content (AvgIpc) is 2.55. The van der Waals surface area contributed by atoms with Crippen molar-refractivity contribution in [2.75, 3.05) is 10.6 Å². The number of benzene rings is 2. The Bertz CT molecular complexity index is 839. The van der Waals surface area contributed by atoms with Crippen LogP contribution in [0.15, 0.2) is 48.5 Å². The van der Waals surface area contributed by atoms with Crippen molar-refractivity contribution in [3.8, 4) is 5.75 Å². The lowest BCUT2D eigenvalue weighted by atomic mass is 10.1. The average molecular weight is 369 g/mol. The van der Waals surface area contributed by atoms with E-state index in [0.717, 1.165) is 0 Å². The van der Waals surface area contributed by atoms with Crippen molar-refractivity contribution in [3.05, 3.63) is 54.1 Å². The van der Waals surface area contributed by atoms with Gasteiger partial charge in [0.1, 0.15) is 0 Å². The predicted octanol–water partition coefficient (Wildman–Crippen LogP) is 3.78. The fourth-order valence-electron chi connectivity index (χ4n) is 2.19. The van der Waals surface area contributed by atoms with E-state index >= 15 is 0 Å². The first-order valence-electron chi connectivity index (χ1n) is 8.42. The number of hydrogen-bond acceptors (Lipinski definition) is 4. The monoisotopic (exact) mass is 369 g/mol.